The van der Waals surface area contributed by atoms with E-state index in [0.717, 1.165) is 23.4 Å². The summed E-state index contributed by atoms with van der Waals surface area (Å²) in [5.41, 5.74) is 1.09. The molecule has 4 nitrogen and oxygen atoms in total. The molecule has 0 aliphatic heterocycles. The van der Waals surface area contributed by atoms with Crippen LogP contribution >= 0.6 is 11.3 Å². The topological polar surface area (TPSA) is 51.0 Å². The normalized spacial score (nSPS) is 12.5. The number of aromatic nitrogens is 2. The highest BCUT2D eigenvalue weighted by molar-refractivity contribution is 7.13. The molecule has 0 saturated carbocycles. The van der Waals surface area contributed by atoms with Crippen LogP contribution in [0.2, 0.25) is 0 Å². The lowest BCUT2D eigenvalue weighted by Gasteiger charge is -2.09. The van der Waals surface area contributed by atoms with E-state index in [1.165, 1.54) is 12.1 Å². The van der Waals surface area contributed by atoms with Crippen LogP contribution in [0.4, 0.5) is 4.39 Å². The summed E-state index contributed by atoms with van der Waals surface area (Å²) in [6.45, 7) is 2.74. The highest BCUT2D eigenvalue weighted by Gasteiger charge is 2.14. The highest BCUT2D eigenvalue weighted by Crippen LogP contribution is 2.24. The van der Waals surface area contributed by atoms with Crippen molar-refractivity contribution in [1.29, 1.82) is 0 Å². The van der Waals surface area contributed by atoms with Gasteiger partial charge in [-0.25, -0.2) is 4.39 Å². The first-order chi connectivity index (χ1) is 10.7. The summed E-state index contributed by atoms with van der Waals surface area (Å²) in [4.78, 5) is 0.970. The molecular weight excluding hydrogens is 301 g/mol. The van der Waals surface area contributed by atoms with Crippen LogP contribution in [0.5, 0.6) is 0 Å². The number of benzene rings is 1. The van der Waals surface area contributed by atoms with Crippen LogP contribution in [0, 0.1) is 5.82 Å². The number of hydrogen-bond donors (Lipinski definition) is 1. The van der Waals surface area contributed by atoms with E-state index in [1.807, 2.05) is 24.4 Å². The summed E-state index contributed by atoms with van der Waals surface area (Å²) < 4.78 is 18.5. The maximum Gasteiger partial charge on any atom is 0.257 e. The van der Waals surface area contributed by atoms with E-state index >= 15 is 0 Å². The Kier molecular flexibility index (Phi) is 4.60. The Morgan fingerprint density at radius 3 is 2.77 bits per heavy atom. The molecule has 6 heteroatoms. The molecule has 1 aromatic carbocycles. The number of nitrogens with one attached hydrogen (secondary N) is 1. The molecule has 3 aromatic rings. The molecule has 1 unspecified atom stereocenters. The maximum absolute atomic E-state index is 12.8. The molecule has 114 valence electrons. The third-order valence-corrected chi connectivity index (χ3v) is 4.18. The van der Waals surface area contributed by atoms with Crippen molar-refractivity contribution in [3.8, 4) is 10.8 Å². The van der Waals surface area contributed by atoms with Gasteiger partial charge in [0, 0.05) is 0 Å². The fraction of sp³-hybridized carbons (Fsp3) is 0.250. The van der Waals surface area contributed by atoms with Gasteiger partial charge in [-0.3, -0.25) is 0 Å². The Bertz CT molecular complexity index is 709. The second-order valence-corrected chi connectivity index (χ2v) is 5.92. The van der Waals surface area contributed by atoms with Gasteiger partial charge in [-0.2, -0.15) is 0 Å². The second kappa shape index (κ2) is 6.81. The number of halogens is 1. The predicted molar refractivity (Wildman–Crippen MR) is 84.1 cm³/mol. The fourth-order valence-electron chi connectivity index (χ4n) is 2.08. The van der Waals surface area contributed by atoms with Crippen molar-refractivity contribution >= 4 is 11.3 Å². The van der Waals surface area contributed by atoms with E-state index in [0.29, 0.717) is 11.8 Å². The minimum Gasteiger partial charge on any atom is -0.418 e. The SMILES string of the molecule is CC(NCCc1ccc(F)cc1)c1nnc(-c2cccs2)o1. The second-order valence-electron chi connectivity index (χ2n) is 4.98. The van der Waals surface area contributed by atoms with Gasteiger partial charge < -0.3 is 9.73 Å². The fourth-order valence-corrected chi connectivity index (χ4v) is 2.72. The molecule has 0 spiro atoms. The zero-order valence-electron chi connectivity index (χ0n) is 12.1. The van der Waals surface area contributed by atoms with Gasteiger partial charge in [0.1, 0.15) is 5.82 Å². The van der Waals surface area contributed by atoms with Crippen LogP contribution in [0.25, 0.3) is 10.8 Å². The summed E-state index contributed by atoms with van der Waals surface area (Å²) in [5, 5.41) is 13.5. The number of thiophene rings is 1. The lowest BCUT2D eigenvalue weighted by molar-refractivity contribution is 0.425. The Morgan fingerprint density at radius 2 is 2.05 bits per heavy atom. The van der Waals surface area contributed by atoms with Crippen molar-refractivity contribution in [1.82, 2.24) is 15.5 Å². The van der Waals surface area contributed by atoms with Crippen molar-refractivity contribution in [2.24, 2.45) is 0 Å². The molecule has 0 radical (unpaired) electrons. The molecule has 0 aliphatic carbocycles. The Hall–Kier alpha value is -2.05. The molecule has 1 N–H and O–H groups in total. The lowest BCUT2D eigenvalue weighted by Crippen LogP contribution is -2.21. The largest absolute Gasteiger partial charge is 0.418 e. The Balaban J connectivity index is 1.53. The third kappa shape index (κ3) is 3.58. The zero-order valence-corrected chi connectivity index (χ0v) is 12.9. The zero-order chi connectivity index (χ0) is 15.4. The summed E-state index contributed by atoms with van der Waals surface area (Å²) in [7, 11) is 0. The summed E-state index contributed by atoms with van der Waals surface area (Å²) >= 11 is 1.57. The summed E-state index contributed by atoms with van der Waals surface area (Å²) in [6, 6.07) is 10.4. The van der Waals surface area contributed by atoms with Crippen molar-refractivity contribution in [2.45, 2.75) is 19.4 Å². The summed E-state index contributed by atoms with van der Waals surface area (Å²) in [6.07, 6.45) is 0.816. The Labute approximate surface area is 132 Å². The maximum atomic E-state index is 12.8. The van der Waals surface area contributed by atoms with E-state index in [1.54, 1.807) is 23.5 Å². The van der Waals surface area contributed by atoms with Gasteiger partial charge in [-0.15, -0.1) is 21.5 Å². The lowest BCUT2D eigenvalue weighted by atomic mass is 10.1. The van der Waals surface area contributed by atoms with Gasteiger partial charge in [-0.1, -0.05) is 18.2 Å². The molecule has 1 atom stereocenters. The molecular formula is C16H16FN3OS. The predicted octanol–water partition coefficient (Wildman–Crippen LogP) is 3.83. The van der Waals surface area contributed by atoms with E-state index in [4.69, 9.17) is 4.42 Å². The van der Waals surface area contributed by atoms with Gasteiger partial charge in [-0.05, 0) is 49.0 Å². The third-order valence-electron chi connectivity index (χ3n) is 3.32. The van der Waals surface area contributed by atoms with Crippen molar-refractivity contribution in [3.63, 3.8) is 0 Å². The number of hydrogen-bond acceptors (Lipinski definition) is 5. The number of nitrogens with zero attached hydrogens (tertiary/aromatic N) is 2. The smallest absolute Gasteiger partial charge is 0.257 e. The first kappa shape index (κ1) is 14.9. The molecule has 0 aliphatic rings. The van der Waals surface area contributed by atoms with Gasteiger partial charge in [0.05, 0.1) is 10.9 Å². The minimum atomic E-state index is -0.211. The molecule has 3 rings (SSSR count). The molecule has 0 bridgehead atoms. The summed E-state index contributed by atoms with van der Waals surface area (Å²) in [5.74, 6) is 0.914. The average Bonchev–Trinajstić information content (AvgIpc) is 3.20. The van der Waals surface area contributed by atoms with Gasteiger partial charge >= 0.3 is 0 Å². The van der Waals surface area contributed by atoms with Crippen LogP contribution in [-0.4, -0.2) is 16.7 Å². The van der Waals surface area contributed by atoms with E-state index in [2.05, 4.69) is 15.5 Å². The van der Waals surface area contributed by atoms with Crippen molar-refractivity contribution in [2.75, 3.05) is 6.54 Å². The van der Waals surface area contributed by atoms with Crippen LogP contribution in [0.15, 0.2) is 46.2 Å². The first-order valence-corrected chi connectivity index (χ1v) is 7.95. The first-order valence-electron chi connectivity index (χ1n) is 7.07. The molecule has 0 fully saturated rings. The van der Waals surface area contributed by atoms with E-state index in [-0.39, 0.29) is 11.9 Å². The molecule has 2 heterocycles. The minimum absolute atomic E-state index is 0.0262. The van der Waals surface area contributed by atoms with E-state index < -0.39 is 0 Å². The Morgan fingerprint density at radius 1 is 1.23 bits per heavy atom. The van der Waals surface area contributed by atoms with Crippen molar-refractivity contribution in [3.05, 3.63) is 59.0 Å². The van der Waals surface area contributed by atoms with Gasteiger partial charge in [0.15, 0.2) is 0 Å². The van der Waals surface area contributed by atoms with Crippen LogP contribution in [0.1, 0.15) is 24.4 Å². The highest BCUT2D eigenvalue weighted by atomic mass is 32.1. The molecule has 0 amide bonds. The standard InChI is InChI=1S/C16H16FN3OS/c1-11(18-9-8-12-4-6-13(17)7-5-12)15-19-20-16(21-15)14-3-2-10-22-14/h2-7,10-11,18H,8-9H2,1H3. The average molecular weight is 317 g/mol. The van der Waals surface area contributed by atoms with Gasteiger partial charge in [0.25, 0.3) is 5.89 Å². The quantitative estimate of drug-likeness (QED) is 0.750. The molecule has 0 saturated heterocycles. The van der Waals surface area contributed by atoms with Crippen LogP contribution < -0.4 is 5.32 Å². The van der Waals surface area contributed by atoms with Crippen LogP contribution in [-0.2, 0) is 6.42 Å². The van der Waals surface area contributed by atoms with Gasteiger partial charge in [0.2, 0.25) is 5.89 Å². The molecule has 2 aromatic heterocycles. The molecule has 22 heavy (non-hydrogen) atoms. The number of rotatable bonds is 6. The van der Waals surface area contributed by atoms with Crippen LogP contribution in [0.3, 0.4) is 0 Å². The van der Waals surface area contributed by atoms with Crippen molar-refractivity contribution < 1.29 is 8.81 Å². The monoisotopic (exact) mass is 317 g/mol. The van der Waals surface area contributed by atoms with E-state index in [9.17, 15) is 4.39 Å².